The van der Waals surface area contributed by atoms with Crippen molar-refractivity contribution >= 4 is 10.0 Å². The fourth-order valence-corrected chi connectivity index (χ4v) is 4.51. The molecule has 2 rings (SSSR count). The molecule has 0 aromatic carbocycles. The van der Waals surface area contributed by atoms with Gasteiger partial charge in [0, 0.05) is 25.2 Å². The van der Waals surface area contributed by atoms with E-state index in [0.29, 0.717) is 25.2 Å². The van der Waals surface area contributed by atoms with Gasteiger partial charge in [-0.2, -0.15) is 0 Å². The van der Waals surface area contributed by atoms with Gasteiger partial charge in [-0.1, -0.05) is 20.3 Å². The van der Waals surface area contributed by atoms with Crippen molar-refractivity contribution in [2.24, 2.45) is 11.8 Å². The molecule has 0 amide bonds. The van der Waals surface area contributed by atoms with Crippen LogP contribution in [0.25, 0.3) is 0 Å². The second kappa shape index (κ2) is 6.10. The Morgan fingerprint density at radius 2 is 1.53 bits per heavy atom. The summed E-state index contributed by atoms with van der Waals surface area (Å²) in [5, 5.41) is 3.81. The highest BCUT2D eigenvalue weighted by Crippen LogP contribution is 2.30. The van der Waals surface area contributed by atoms with E-state index in [-0.39, 0.29) is 0 Å². The fourth-order valence-electron chi connectivity index (χ4n) is 3.64. The van der Waals surface area contributed by atoms with Gasteiger partial charge in [-0.15, -0.1) is 0 Å². The molecule has 0 radical (unpaired) electrons. The van der Waals surface area contributed by atoms with Crippen LogP contribution in [0.3, 0.4) is 0 Å². The first-order valence-corrected chi connectivity index (χ1v) is 9.44. The summed E-state index contributed by atoms with van der Waals surface area (Å²) in [6.45, 7) is 6.04. The van der Waals surface area contributed by atoms with Gasteiger partial charge in [0.1, 0.15) is 0 Å². The third kappa shape index (κ3) is 3.92. The molecular weight excluding hydrogens is 260 g/mol. The number of rotatable bonds is 3. The molecule has 1 saturated heterocycles. The average molecular weight is 288 g/mol. The first kappa shape index (κ1) is 15.3. The molecule has 2 atom stereocenters. The summed E-state index contributed by atoms with van der Waals surface area (Å²) in [5.74, 6) is 1.49. The zero-order chi connectivity index (χ0) is 14.0. The van der Waals surface area contributed by atoms with E-state index in [0.717, 1.165) is 24.7 Å². The van der Waals surface area contributed by atoms with E-state index in [9.17, 15) is 8.42 Å². The molecule has 5 heteroatoms. The summed E-state index contributed by atoms with van der Waals surface area (Å²) in [5.41, 5.74) is 0. The van der Waals surface area contributed by atoms with Crippen LogP contribution in [0.4, 0.5) is 0 Å². The van der Waals surface area contributed by atoms with Crippen LogP contribution in [0.1, 0.15) is 46.0 Å². The molecule has 0 aromatic heterocycles. The minimum Gasteiger partial charge on any atom is -0.311 e. The summed E-state index contributed by atoms with van der Waals surface area (Å²) in [4.78, 5) is 0. The minimum atomic E-state index is -3.00. The van der Waals surface area contributed by atoms with Gasteiger partial charge in [0.25, 0.3) is 0 Å². The summed E-state index contributed by atoms with van der Waals surface area (Å²) in [6.07, 6.45) is 7.21. The molecule has 4 nitrogen and oxygen atoms in total. The van der Waals surface area contributed by atoms with Crippen molar-refractivity contribution in [3.63, 3.8) is 0 Å². The smallest absolute Gasteiger partial charge is 0.211 e. The van der Waals surface area contributed by atoms with E-state index < -0.39 is 10.0 Å². The highest BCUT2D eigenvalue weighted by atomic mass is 32.2. The topological polar surface area (TPSA) is 49.4 Å². The molecule has 0 spiro atoms. The Labute approximate surface area is 118 Å². The predicted molar refractivity (Wildman–Crippen MR) is 78.5 cm³/mol. The van der Waals surface area contributed by atoms with Crippen LogP contribution >= 0.6 is 0 Å². The Morgan fingerprint density at radius 3 is 2.00 bits per heavy atom. The Morgan fingerprint density at radius 1 is 1.00 bits per heavy atom. The van der Waals surface area contributed by atoms with Gasteiger partial charge in [0.2, 0.25) is 10.0 Å². The van der Waals surface area contributed by atoms with Gasteiger partial charge < -0.3 is 5.32 Å². The lowest BCUT2D eigenvalue weighted by molar-refractivity contribution is 0.171. The Balaban J connectivity index is 1.85. The van der Waals surface area contributed by atoms with E-state index in [2.05, 4.69) is 19.2 Å². The third-order valence-corrected chi connectivity index (χ3v) is 6.20. The van der Waals surface area contributed by atoms with Gasteiger partial charge in [0.15, 0.2) is 0 Å². The summed E-state index contributed by atoms with van der Waals surface area (Å²) in [6, 6.07) is 1.11. The molecule has 0 aromatic rings. The minimum absolute atomic E-state index is 0.492. The Kier molecular flexibility index (Phi) is 4.90. The van der Waals surface area contributed by atoms with E-state index in [1.54, 1.807) is 4.31 Å². The van der Waals surface area contributed by atoms with Crippen molar-refractivity contribution in [2.45, 2.75) is 58.0 Å². The number of piperidine rings is 1. The van der Waals surface area contributed by atoms with Gasteiger partial charge >= 0.3 is 0 Å². The lowest BCUT2D eigenvalue weighted by Crippen LogP contribution is -2.52. The van der Waals surface area contributed by atoms with Crippen LogP contribution in [0.15, 0.2) is 0 Å². The van der Waals surface area contributed by atoms with Gasteiger partial charge in [-0.25, -0.2) is 12.7 Å². The summed E-state index contributed by atoms with van der Waals surface area (Å²) >= 11 is 0. The number of hydrogen-bond acceptors (Lipinski definition) is 3. The molecule has 1 aliphatic carbocycles. The van der Waals surface area contributed by atoms with Crippen molar-refractivity contribution in [1.29, 1.82) is 0 Å². The Hall–Kier alpha value is -0.130. The van der Waals surface area contributed by atoms with E-state index in [4.69, 9.17) is 0 Å². The number of hydrogen-bond donors (Lipinski definition) is 1. The molecule has 1 N–H and O–H groups in total. The summed E-state index contributed by atoms with van der Waals surface area (Å²) < 4.78 is 24.6. The first-order chi connectivity index (χ1) is 8.88. The van der Waals surface area contributed by atoms with Crippen LogP contribution < -0.4 is 5.32 Å². The maximum atomic E-state index is 11.5. The van der Waals surface area contributed by atoms with Crippen LogP contribution in [-0.2, 0) is 10.0 Å². The van der Waals surface area contributed by atoms with Crippen LogP contribution in [-0.4, -0.2) is 44.2 Å². The first-order valence-electron chi connectivity index (χ1n) is 7.59. The van der Waals surface area contributed by atoms with Crippen LogP contribution in [0.2, 0.25) is 0 Å². The zero-order valence-corrected chi connectivity index (χ0v) is 13.2. The van der Waals surface area contributed by atoms with Crippen molar-refractivity contribution in [3.05, 3.63) is 0 Å². The van der Waals surface area contributed by atoms with E-state index in [1.165, 1.54) is 25.5 Å². The largest absolute Gasteiger partial charge is 0.311 e. The molecule has 1 heterocycles. The quantitative estimate of drug-likeness (QED) is 0.862. The number of sulfonamides is 1. The maximum Gasteiger partial charge on any atom is 0.211 e. The van der Waals surface area contributed by atoms with E-state index >= 15 is 0 Å². The second-order valence-electron chi connectivity index (χ2n) is 6.51. The average Bonchev–Trinajstić information content (AvgIpc) is 2.33. The maximum absolute atomic E-state index is 11.5. The van der Waals surface area contributed by atoms with Crippen LogP contribution in [0.5, 0.6) is 0 Å². The van der Waals surface area contributed by atoms with Crippen molar-refractivity contribution in [3.8, 4) is 0 Å². The molecule has 1 aliphatic heterocycles. The SMILES string of the molecule is CC1CCCC(C)C1NC1CCN(S(C)(=O)=O)CC1. The normalized spacial score (nSPS) is 35.4. The molecule has 2 fully saturated rings. The van der Waals surface area contributed by atoms with Crippen molar-refractivity contribution < 1.29 is 8.42 Å². The molecule has 1 saturated carbocycles. The molecule has 112 valence electrons. The van der Waals surface area contributed by atoms with E-state index in [1.807, 2.05) is 0 Å². The van der Waals surface area contributed by atoms with Gasteiger partial charge in [-0.3, -0.25) is 0 Å². The predicted octanol–water partition coefficient (Wildman–Crippen LogP) is 1.82. The zero-order valence-electron chi connectivity index (χ0n) is 12.4. The van der Waals surface area contributed by atoms with Crippen molar-refractivity contribution in [1.82, 2.24) is 9.62 Å². The molecule has 2 aliphatic rings. The molecular formula is C14H28N2O2S. The van der Waals surface area contributed by atoms with Crippen LogP contribution in [0, 0.1) is 11.8 Å². The third-order valence-electron chi connectivity index (χ3n) is 4.90. The lowest BCUT2D eigenvalue weighted by Gasteiger charge is -2.40. The Bertz CT molecular complexity index is 378. The highest BCUT2D eigenvalue weighted by Gasteiger charge is 2.31. The fraction of sp³-hybridized carbons (Fsp3) is 1.00. The second-order valence-corrected chi connectivity index (χ2v) is 8.50. The molecule has 2 unspecified atom stereocenters. The standard InChI is InChI=1S/C14H28N2O2S/c1-11-5-4-6-12(2)14(11)15-13-7-9-16(10-8-13)19(3,17)18/h11-15H,4-10H2,1-3H3. The molecule has 0 bridgehead atoms. The van der Waals surface area contributed by atoms with Gasteiger partial charge in [0.05, 0.1) is 6.26 Å². The summed E-state index contributed by atoms with van der Waals surface area (Å²) in [7, 11) is -3.00. The highest BCUT2D eigenvalue weighted by molar-refractivity contribution is 7.88. The lowest BCUT2D eigenvalue weighted by atomic mass is 9.78. The van der Waals surface area contributed by atoms with Crippen molar-refractivity contribution in [2.75, 3.05) is 19.3 Å². The number of nitrogens with one attached hydrogen (secondary N) is 1. The monoisotopic (exact) mass is 288 g/mol. The molecule has 19 heavy (non-hydrogen) atoms. The van der Waals surface area contributed by atoms with Gasteiger partial charge in [-0.05, 0) is 37.5 Å². The number of nitrogens with zero attached hydrogens (tertiary/aromatic N) is 1.